The van der Waals surface area contributed by atoms with Gasteiger partial charge in [0.1, 0.15) is 23.5 Å². The SMILES string of the molecule is CC(CCCc1cccc(Oc2ccccc2)c1)(C(Cl)=CC=O)c1ccc(OC(F)(F)F)cc1. The molecule has 1 unspecified atom stereocenters. The normalized spacial score (nSPS) is 13.7. The van der Waals surface area contributed by atoms with Crippen LogP contribution in [0.15, 0.2) is 90.0 Å². The Hall–Kier alpha value is -3.25. The Kier molecular flexibility index (Phi) is 8.40. The molecular weight excluding hydrogens is 465 g/mol. The highest BCUT2D eigenvalue weighted by Crippen LogP contribution is 2.40. The first-order valence-corrected chi connectivity index (χ1v) is 11.1. The number of allylic oxidation sites excluding steroid dienone is 2. The van der Waals surface area contributed by atoms with Gasteiger partial charge in [0.15, 0.2) is 0 Å². The number of hydrogen-bond acceptors (Lipinski definition) is 3. The third-order valence-corrected chi connectivity index (χ3v) is 6.03. The van der Waals surface area contributed by atoms with Crippen molar-refractivity contribution in [1.29, 1.82) is 0 Å². The van der Waals surface area contributed by atoms with Gasteiger partial charge in [-0.15, -0.1) is 13.2 Å². The van der Waals surface area contributed by atoms with Crippen molar-refractivity contribution in [3.05, 3.63) is 101 Å². The monoisotopic (exact) mass is 488 g/mol. The maximum atomic E-state index is 12.5. The standard InChI is InChI=1S/C27H24ClF3O3/c1-26(25(28)16-18-32,21-12-14-23(15-13-21)34-27(29,30)31)17-6-8-20-7-5-11-24(19-20)33-22-9-3-2-4-10-22/h2-5,7,9-16,18-19H,6,8,17H2,1H3. The van der Waals surface area contributed by atoms with Crippen molar-refractivity contribution in [2.24, 2.45) is 0 Å². The number of hydrogen-bond donors (Lipinski definition) is 0. The van der Waals surface area contributed by atoms with Gasteiger partial charge in [-0.2, -0.15) is 0 Å². The lowest BCUT2D eigenvalue weighted by atomic mass is 9.77. The van der Waals surface area contributed by atoms with Crippen LogP contribution < -0.4 is 9.47 Å². The van der Waals surface area contributed by atoms with Gasteiger partial charge < -0.3 is 9.47 Å². The first-order valence-electron chi connectivity index (χ1n) is 10.7. The third-order valence-electron chi connectivity index (χ3n) is 5.49. The van der Waals surface area contributed by atoms with Crippen LogP contribution in [0.5, 0.6) is 17.2 Å². The first-order chi connectivity index (χ1) is 16.2. The fourth-order valence-electron chi connectivity index (χ4n) is 3.70. The Morgan fingerprint density at radius 3 is 2.24 bits per heavy atom. The number of carbonyl (C=O) groups is 1. The molecule has 3 nitrogen and oxygen atoms in total. The number of ether oxygens (including phenoxy) is 2. The number of benzene rings is 3. The molecular formula is C27H24ClF3O3. The minimum atomic E-state index is -4.77. The fraction of sp³-hybridized carbons (Fsp3) is 0.222. The van der Waals surface area contributed by atoms with Gasteiger partial charge in [0.05, 0.1) is 0 Å². The summed E-state index contributed by atoms with van der Waals surface area (Å²) >= 11 is 6.46. The molecule has 0 bridgehead atoms. The van der Waals surface area contributed by atoms with Crippen molar-refractivity contribution in [2.45, 2.75) is 38.0 Å². The zero-order valence-corrected chi connectivity index (χ0v) is 19.3. The second-order valence-corrected chi connectivity index (χ2v) is 8.38. The molecule has 0 aliphatic heterocycles. The Morgan fingerprint density at radius 2 is 1.59 bits per heavy atom. The average Bonchev–Trinajstić information content (AvgIpc) is 2.79. The molecule has 0 aliphatic rings. The number of rotatable bonds is 10. The molecule has 0 heterocycles. The number of halogens is 4. The molecule has 0 aliphatic carbocycles. The van der Waals surface area contributed by atoms with E-state index in [0.29, 0.717) is 23.3 Å². The first kappa shape index (κ1) is 25.4. The molecule has 7 heteroatoms. The molecule has 0 saturated carbocycles. The van der Waals surface area contributed by atoms with E-state index in [1.54, 1.807) is 0 Å². The maximum absolute atomic E-state index is 12.5. The van der Waals surface area contributed by atoms with E-state index in [-0.39, 0.29) is 5.75 Å². The second kappa shape index (κ2) is 11.3. The number of aryl methyl sites for hydroxylation is 1. The van der Waals surface area contributed by atoms with Crippen molar-refractivity contribution in [2.75, 3.05) is 0 Å². The summed E-state index contributed by atoms with van der Waals surface area (Å²) in [5, 5.41) is 0.313. The summed E-state index contributed by atoms with van der Waals surface area (Å²) < 4.78 is 47.3. The molecule has 0 fully saturated rings. The molecule has 0 radical (unpaired) electrons. The van der Waals surface area contributed by atoms with Crippen molar-refractivity contribution >= 4 is 17.9 Å². The fourth-order valence-corrected chi connectivity index (χ4v) is 3.96. The molecule has 0 amide bonds. The quantitative estimate of drug-likeness (QED) is 0.214. The summed E-state index contributed by atoms with van der Waals surface area (Å²) in [6.07, 6.45) is -0.878. The van der Waals surface area contributed by atoms with E-state index >= 15 is 0 Å². The molecule has 0 saturated heterocycles. The van der Waals surface area contributed by atoms with E-state index in [4.69, 9.17) is 16.3 Å². The highest BCUT2D eigenvalue weighted by Gasteiger charge is 2.33. The van der Waals surface area contributed by atoms with E-state index in [1.165, 1.54) is 30.3 Å². The maximum Gasteiger partial charge on any atom is 0.573 e. The van der Waals surface area contributed by atoms with Crippen LogP contribution in [0.4, 0.5) is 13.2 Å². The largest absolute Gasteiger partial charge is 0.573 e. The molecule has 3 aromatic rings. The minimum Gasteiger partial charge on any atom is -0.457 e. The predicted octanol–water partition coefficient (Wildman–Crippen LogP) is 7.98. The van der Waals surface area contributed by atoms with Crippen LogP contribution in [0.1, 0.15) is 30.9 Å². The molecule has 34 heavy (non-hydrogen) atoms. The lowest BCUT2D eigenvalue weighted by Crippen LogP contribution is -2.23. The van der Waals surface area contributed by atoms with Crippen molar-refractivity contribution in [3.8, 4) is 17.2 Å². The van der Waals surface area contributed by atoms with Gasteiger partial charge in [-0.3, -0.25) is 4.79 Å². The van der Waals surface area contributed by atoms with Crippen LogP contribution in [0.3, 0.4) is 0 Å². The van der Waals surface area contributed by atoms with Gasteiger partial charge in [-0.25, -0.2) is 0 Å². The van der Waals surface area contributed by atoms with E-state index in [9.17, 15) is 18.0 Å². The van der Waals surface area contributed by atoms with Gasteiger partial charge in [-0.1, -0.05) is 61.0 Å². The predicted molar refractivity (Wildman–Crippen MR) is 126 cm³/mol. The van der Waals surface area contributed by atoms with E-state index in [0.717, 1.165) is 29.9 Å². The van der Waals surface area contributed by atoms with Crippen molar-refractivity contribution in [3.63, 3.8) is 0 Å². The number of para-hydroxylation sites is 1. The molecule has 1 atom stereocenters. The van der Waals surface area contributed by atoms with Gasteiger partial charge in [0, 0.05) is 10.4 Å². The topological polar surface area (TPSA) is 35.5 Å². The van der Waals surface area contributed by atoms with Gasteiger partial charge in [0.25, 0.3) is 0 Å². The average molecular weight is 489 g/mol. The summed E-state index contributed by atoms with van der Waals surface area (Å²) in [6, 6.07) is 22.8. The molecule has 178 valence electrons. The zero-order valence-electron chi connectivity index (χ0n) is 18.5. The van der Waals surface area contributed by atoms with E-state index in [2.05, 4.69) is 4.74 Å². The smallest absolute Gasteiger partial charge is 0.457 e. The minimum absolute atomic E-state index is 0.313. The van der Waals surface area contributed by atoms with Crippen LogP contribution in [-0.4, -0.2) is 12.6 Å². The highest BCUT2D eigenvalue weighted by atomic mass is 35.5. The molecule has 0 aromatic heterocycles. The van der Waals surface area contributed by atoms with Gasteiger partial charge >= 0.3 is 6.36 Å². The summed E-state index contributed by atoms with van der Waals surface area (Å²) in [6.45, 7) is 1.86. The Labute approximate surface area is 201 Å². The van der Waals surface area contributed by atoms with Gasteiger partial charge in [0.2, 0.25) is 0 Å². The molecule has 0 N–H and O–H groups in total. The Balaban J connectivity index is 1.72. The molecule has 3 aromatic carbocycles. The van der Waals surface area contributed by atoms with Crippen LogP contribution in [0, 0.1) is 0 Å². The summed E-state index contributed by atoms with van der Waals surface area (Å²) in [7, 11) is 0. The number of aldehydes is 1. The van der Waals surface area contributed by atoms with Crippen molar-refractivity contribution in [1.82, 2.24) is 0 Å². The van der Waals surface area contributed by atoms with Gasteiger partial charge in [-0.05, 0) is 72.9 Å². The van der Waals surface area contributed by atoms with Crippen LogP contribution in [0.25, 0.3) is 0 Å². The third kappa shape index (κ3) is 7.12. The number of carbonyl (C=O) groups excluding carboxylic acids is 1. The Bertz CT molecular complexity index is 1110. The second-order valence-electron chi connectivity index (χ2n) is 7.97. The van der Waals surface area contributed by atoms with Crippen LogP contribution >= 0.6 is 11.6 Å². The highest BCUT2D eigenvalue weighted by molar-refractivity contribution is 6.31. The van der Waals surface area contributed by atoms with E-state index in [1.807, 2.05) is 61.5 Å². The lowest BCUT2D eigenvalue weighted by Gasteiger charge is -2.30. The summed E-state index contributed by atoms with van der Waals surface area (Å²) in [4.78, 5) is 11.1. The summed E-state index contributed by atoms with van der Waals surface area (Å²) in [5.74, 6) is 1.16. The molecule has 3 rings (SSSR count). The van der Waals surface area contributed by atoms with Crippen LogP contribution in [0.2, 0.25) is 0 Å². The van der Waals surface area contributed by atoms with Crippen molar-refractivity contribution < 1.29 is 27.4 Å². The summed E-state index contributed by atoms with van der Waals surface area (Å²) in [5.41, 5.74) is 1.00. The molecule has 0 spiro atoms. The number of alkyl halides is 3. The lowest BCUT2D eigenvalue weighted by molar-refractivity contribution is -0.274. The van der Waals surface area contributed by atoms with Crippen LogP contribution in [-0.2, 0) is 16.6 Å². The van der Waals surface area contributed by atoms with E-state index < -0.39 is 11.8 Å². The zero-order chi connectivity index (χ0) is 24.6. The Morgan fingerprint density at radius 1 is 0.912 bits per heavy atom.